The quantitative estimate of drug-likeness (QED) is 0.745. The first kappa shape index (κ1) is 11.8. The van der Waals surface area contributed by atoms with Crippen LogP contribution < -0.4 is 5.32 Å². The Balaban J connectivity index is 2.43. The highest BCUT2D eigenvalue weighted by Gasteiger charge is 2.34. The Labute approximate surface area is 88.8 Å². The molecule has 0 saturated heterocycles. The van der Waals surface area contributed by atoms with Gasteiger partial charge in [-0.05, 0) is 26.7 Å². The Bertz CT molecular complexity index is 252. The van der Waals surface area contributed by atoms with Gasteiger partial charge in [0.1, 0.15) is 0 Å². The fourth-order valence-corrected chi connectivity index (χ4v) is 1.83. The van der Waals surface area contributed by atoms with Crippen LogP contribution in [0, 0.1) is 5.92 Å². The van der Waals surface area contributed by atoms with Crippen molar-refractivity contribution < 1.29 is 19.4 Å². The van der Waals surface area contributed by atoms with Crippen LogP contribution in [0.2, 0.25) is 0 Å². The van der Waals surface area contributed by atoms with Gasteiger partial charge in [0, 0.05) is 6.04 Å². The number of alkyl carbamates (subject to hydrolysis) is 1. The van der Waals surface area contributed by atoms with E-state index in [1.807, 2.05) is 0 Å². The van der Waals surface area contributed by atoms with Crippen LogP contribution in [-0.2, 0) is 9.53 Å². The number of amides is 1. The maximum absolute atomic E-state index is 11.3. The highest BCUT2D eigenvalue weighted by molar-refractivity contribution is 5.74. The second kappa shape index (κ2) is 5.00. The number of carboxylic acid groups (broad SMARTS) is 1. The largest absolute Gasteiger partial charge is 0.481 e. The number of carbonyl (C=O) groups is 2. The molecule has 1 amide bonds. The fourth-order valence-electron chi connectivity index (χ4n) is 1.83. The summed E-state index contributed by atoms with van der Waals surface area (Å²) in [4.78, 5) is 22.1. The number of ether oxygens (including phenoxy) is 1. The smallest absolute Gasteiger partial charge is 0.407 e. The van der Waals surface area contributed by atoms with Gasteiger partial charge < -0.3 is 15.2 Å². The van der Waals surface area contributed by atoms with Crippen molar-refractivity contribution in [3.63, 3.8) is 0 Å². The van der Waals surface area contributed by atoms with Crippen LogP contribution in [-0.4, -0.2) is 29.3 Å². The second-order valence-corrected chi connectivity index (χ2v) is 4.08. The maximum atomic E-state index is 11.3. The fraction of sp³-hybridized carbons (Fsp3) is 0.800. The molecule has 1 aliphatic carbocycles. The molecule has 0 aromatic rings. The Morgan fingerprint density at radius 1 is 1.40 bits per heavy atom. The van der Waals surface area contributed by atoms with Gasteiger partial charge in [-0.15, -0.1) is 0 Å². The Hall–Kier alpha value is -1.26. The van der Waals surface area contributed by atoms with Gasteiger partial charge in [0.25, 0.3) is 0 Å². The van der Waals surface area contributed by atoms with Gasteiger partial charge in [-0.25, -0.2) is 4.79 Å². The molecule has 5 nitrogen and oxygen atoms in total. The van der Waals surface area contributed by atoms with Crippen molar-refractivity contribution >= 4 is 12.1 Å². The van der Waals surface area contributed by atoms with E-state index in [1.54, 1.807) is 13.8 Å². The van der Waals surface area contributed by atoms with E-state index in [-0.39, 0.29) is 12.1 Å². The first-order chi connectivity index (χ1) is 7.00. The molecule has 1 saturated carbocycles. The van der Waals surface area contributed by atoms with E-state index in [0.717, 1.165) is 6.42 Å². The molecule has 2 unspecified atom stereocenters. The van der Waals surface area contributed by atoms with Gasteiger partial charge in [0.05, 0.1) is 12.0 Å². The predicted molar refractivity (Wildman–Crippen MR) is 53.5 cm³/mol. The maximum Gasteiger partial charge on any atom is 0.407 e. The number of carbonyl (C=O) groups excluding carboxylic acids is 1. The first-order valence-corrected chi connectivity index (χ1v) is 5.20. The topological polar surface area (TPSA) is 75.6 Å². The molecule has 0 radical (unpaired) electrons. The van der Waals surface area contributed by atoms with Crippen LogP contribution in [0.5, 0.6) is 0 Å². The van der Waals surface area contributed by atoms with Gasteiger partial charge in [0.2, 0.25) is 0 Å². The van der Waals surface area contributed by atoms with Crippen molar-refractivity contribution in [1.29, 1.82) is 0 Å². The molecule has 0 aromatic heterocycles. The van der Waals surface area contributed by atoms with E-state index in [1.165, 1.54) is 0 Å². The summed E-state index contributed by atoms with van der Waals surface area (Å²) in [5.41, 5.74) is 0. The average Bonchev–Trinajstić information content (AvgIpc) is 2.50. The number of rotatable bonds is 3. The lowest BCUT2D eigenvalue weighted by Gasteiger charge is -2.18. The summed E-state index contributed by atoms with van der Waals surface area (Å²) >= 11 is 0. The van der Waals surface area contributed by atoms with E-state index in [2.05, 4.69) is 5.32 Å². The standard InChI is InChI=1S/C10H17NO4/c1-6(2)15-10(14)11-8-5-3-4-7(8)9(12)13/h6-8H,3-5H2,1-2H3,(H,11,14)(H,12,13). The normalized spacial score (nSPS) is 25.3. The van der Waals surface area contributed by atoms with Crippen LogP contribution in [0.15, 0.2) is 0 Å². The third kappa shape index (κ3) is 3.42. The molecule has 2 N–H and O–H groups in total. The minimum atomic E-state index is -0.845. The summed E-state index contributed by atoms with van der Waals surface area (Å²) in [5.74, 6) is -1.31. The summed E-state index contributed by atoms with van der Waals surface area (Å²) in [7, 11) is 0. The number of nitrogens with one attached hydrogen (secondary N) is 1. The highest BCUT2D eigenvalue weighted by atomic mass is 16.6. The van der Waals surface area contributed by atoms with Crippen LogP contribution in [0.3, 0.4) is 0 Å². The molecule has 5 heteroatoms. The number of aliphatic carboxylic acids is 1. The molecule has 0 spiro atoms. The molecule has 0 aliphatic heterocycles. The molecule has 1 aliphatic rings. The average molecular weight is 215 g/mol. The van der Waals surface area contributed by atoms with Gasteiger partial charge >= 0.3 is 12.1 Å². The molecule has 1 rings (SSSR count). The van der Waals surface area contributed by atoms with Crippen LogP contribution in [0.4, 0.5) is 4.79 Å². The molecule has 0 bridgehead atoms. The van der Waals surface area contributed by atoms with E-state index in [0.29, 0.717) is 12.8 Å². The SMILES string of the molecule is CC(C)OC(=O)NC1CCCC1C(=O)O. The zero-order chi connectivity index (χ0) is 11.4. The van der Waals surface area contributed by atoms with Gasteiger partial charge in [-0.2, -0.15) is 0 Å². The van der Waals surface area contributed by atoms with E-state index < -0.39 is 18.0 Å². The van der Waals surface area contributed by atoms with Crippen molar-refractivity contribution in [2.24, 2.45) is 5.92 Å². The summed E-state index contributed by atoms with van der Waals surface area (Å²) < 4.78 is 4.90. The Kier molecular flexibility index (Phi) is 3.94. The molecule has 1 fully saturated rings. The molecule has 0 heterocycles. The van der Waals surface area contributed by atoms with Crippen molar-refractivity contribution in [2.45, 2.75) is 45.3 Å². The summed E-state index contributed by atoms with van der Waals surface area (Å²) in [5, 5.41) is 11.5. The molecular formula is C10H17NO4. The Morgan fingerprint density at radius 3 is 2.60 bits per heavy atom. The Morgan fingerprint density at radius 2 is 2.07 bits per heavy atom. The van der Waals surface area contributed by atoms with Crippen molar-refractivity contribution in [3.8, 4) is 0 Å². The minimum Gasteiger partial charge on any atom is -0.481 e. The summed E-state index contributed by atoms with van der Waals surface area (Å²) in [6, 6.07) is -0.284. The van der Waals surface area contributed by atoms with E-state index in [9.17, 15) is 9.59 Å². The zero-order valence-electron chi connectivity index (χ0n) is 9.03. The lowest BCUT2D eigenvalue weighted by Crippen LogP contribution is -2.41. The molecule has 86 valence electrons. The van der Waals surface area contributed by atoms with Crippen molar-refractivity contribution in [3.05, 3.63) is 0 Å². The third-order valence-electron chi connectivity index (χ3n) is 2.48. The minimum absolute atomic E-state index is 0.185. The number of carboxylic acids is 1. The van der Waals surface area contributed by atoms with Gasteiger partial charge in [0.15, 0.2) is 0 Å². The second-order valence-electron chi connectivity index (χ2n) is 4.08. The highest BCUT2D eigenvalue weighted by Crippen LogP contribution is 2.25. The number of hydrogen-bond acceptors (Lipinski definition) is 3. The predicted octanol–water partition coefficient (Wildman–Crippen LogP) is 1.37. The van der Waals surface area contributed by atoms with Crippen molar-refractivity contribution in [2.75, 3.05) is 0 Å². The summed E-state index contributed by atoms with van der Waals surface area (Å²) in [6.45, 7) is 3.51. The first-order valence-electron chi connectivity index (χ1n) is 5.20. The molecular weight excluding hydrogens is 198 g/mol. The monoisotopic (exact) mass is 215 g/mol. The van der Waals surface area contributed by atoms with Crippen LogP contribution in [0.1, 0.15) is 33.1 Å². The molecule has 2 atom stereocenters. The lowest BCUT2D eigenvalue weighted by molar-refractivity contribution is -0.142. The zero-order valence-corrected chi connectivity index (χ0v) is 9.03. The molecule has 15 heavy (non-hydrogen) atoms. The summed E-state index contributed by atoms with van der Waals surface area (Å²) in [6.07, 6.45) is 1.47. The number of hydrogen-bond donors (Lipinski definition) is 2. The van der Waals surface area contributed by atoms with Gasteiger partial charge in [-0.3, -0.25) is 4.79 Å². The van der Waals surface area contributed by atoms with Crippen LogP contribution >= 0.6 is 0 Å². The van der Waals surface area contributed by atoms with E-state index >= 15 is 0 Å². The van der Waals surface area contributed by atoms with Crippen molar-refractivity contribution in [1.82, 2.24) is 5.32 Å². The lowest BCUT2D eigenvalue weighted by atomic mass is 10.0. The van der Waals surface area contributed by atoms with E-state index in [4.69, 9.17) is 9.84 Å². The molecule has 0 aromatic carbocycles. The van der Waals surface area contributed by atoms with Gasteiger partial charge in [-0.1, -0.05) is 6.42 Å². The third-order valence-corrected chi connectivity index (χ3v) is 2.48. The van der Waals surface area contributed by atoms with Crippen LogP contribution in [0.25, 0.3) is 0 Å².